The number of halogens is 1. The van der Waals surface area contributed by atoms with Gasteiger partial charge in [0.2, 0.25) is 11.8 Å². The molecule has 11 heteroatoms. The van der Waals surface area contributed by atoms with Crippen LogP contribution in [0.1, 0.15) is 23.7 Å². The number of nitrogens with zero attached hydrogens (tertiary/aromatic N) is 2. The van der Waals surface area contributed by atoms with Crippen LogP contribution in [-0.4, -0.2) is 33.2 Å². The first-order valence-electron chi connectivity index (χ1n) is 8.91. The molecule has 3 rings (SSSR count). The van der Waals surface area contributed by atoms with Gasteiger partial charge in [-0.05, 0) is 19.1 Å². The zero-order valence-corrected chi connectivity index (χ0v) is 16.6. The van der Waals surface area contributed by atoms with Gasteiger partial charge in [0.1, 0.15) is 5.69 Å². The van der Waals surface area contributed by atoms with E-state index in [0.717, 1.165) is 0 Å². The van der Waals surface area contributed by atoms with Crippen LogP contribution in [0.4, 0.5) is 5.88 Å². The predicted octanol–water partition coefficient (Wildman–Crippen LogP) is 2.05. The minimum absolute atomic E-state index is 0.00830. The average molecular weight is 433 g/mol. The lowest BCUT2D eigenvalue weighted by Crippen LogP contribution is -2.29. The van der Waals surface area contributed by atoms with Gasteiger partial charge in [0.25, 0.3) is 5.56 Å². The molecule has 0 aliphatic heterocycles. The van der Waals surface area contributed by atoms with Gasteiger partial charge in [-0.1, -0.05) is 28.9 Å². The van der Waals surface area contributed by atoms with E-state index in [-0.39, 0.29) is 36.7 Å². The van der Waals surface area contributed by atoms with Crippen molar-refractivity contribution in [2.24, 2.45) is 0 Å². The van der Waals surface area contributed by atoms with Crippen LogP contribution in [0, 0.1) is 0 Å². The fourth-order valence-electron chi connectivity index (χ4n) is 2.60. The zero-order chi connectivity index (χ0) is 21.7. The summed E-state index contributed by atoms with van der Waals surface area (Å²) in [5.74, 6) is -1.41. The standard InChI is InChI=1S/C19H17ClN4O6/c1-2-29-18(27)15-16(11-3-5-12(20)6-4-11)23-30-17(15)21-13(25)7-9-24-10-8-14(26)22-19(24)28/h3-6,8,10H,2,7,9H2,1H3,(H,21,25)(H,22,26,28). The molecule has 0 bridgehead atoms. The van der Waals surface area contributed by atoms with E-state index >= 15 is 0 Å². The van der Waals surface area contributed by atoms with Gasteiger partial charge in [0, 0.05) is 35.8 Å². The molecule has 1 aromatic carbocycles. The van der Waals surface area contributed by atoms with E-state index in [4.69, 9.17) is 20.9 Å². The normalized spacial score (nSPS) is 10.6. The van der Waals surface area contributed by atoms with Crippen molar-refractivity contribution in [2.45, 2.75) is 19.9 Å². The molecule has 0 unspecified atom stereocenters. The number of H-pyrrole nitrogens is 1. The molecule has 0 saturated heterocycles. The van der Waals surface area contributed by atoms with E-state index in [9.17, 15) is 19.2 Å². The minimum Gasteiger partial charge on any atom is -0.462 e. The summed E-state index contributed by atoms with van der Waals surface area (Å²) in [6.45, 7) is 1.77. The second kappa shape index (κ2) is 9.23. The number of amides is 1. The first-order chi connectivity index (χ1) is 14.4. The molecule has 30 heavy (non-hydrogen) atoms. The van der Waals surface area contributed by atoms with Crippen molar-refractivity contribution in [2.75, 3.05) is 11.9 Å². The minimum atomic E-state index is -0.712. The second-order valence-corrected chi connectivity index (χ2v) is 6.50. The number of esters is 1. The van der Waals surface area contributed by atoms with Crippen LogP contribution in [0.25, 0.3) is 11.3 Å². The van der Waals surface area contributed by atoms with Crippen LogP contribution >= 0.6 is 11.6 Å². The van der Waals surface area contributed by atoms with Crippen molar-refractivity contribution in [1.29, 1.82) is 0 Å². The maximum atomic E-state index is 12.4. The zero-order valence-electron chi connectivity index (χ0n) is 15.8. The monoisotopic (exact) mass is 432 g/mol. The van der Waals surface area contributed by atoms with E-state index in [2.05, 4.69) is 15.5 Å². The van der Waals surface area contributed by atoms with E-state index in [0.29, 0.717) is 10.6 Å². The number of rotatable bonds is 7. The van der Waals surface area contributed by atoms with Gasteiger partial charge >= 0.3 is 11.7 Å². The maximum absolute atomic E-state index is 12.4. The van der Waals surface area contributed by atoms with Gasteiger partial charge in [0.15, 0.2) is 5.56 Å². The van der Waals surface area contributed by atoms with Crippen LogP contribution < -0.4 is 16.6 Å². The molecule has 0 aliphatic rings. The lowest BCUT2D eigenvalue weighted by molar-refractivity contribution is -0.116. The third-order valence-electron chi connectivity index (χ3n) is 4.02. The van der Waals surface area contributed by atoms with Gasteiger partial charge in [0.05, 0.1) is 6.61 Å². The molecular formula is C19H17ClN4O6. The third-order valence-corrected chi connectivity index (χ3v) is 4.27. The molecule has 0 saturated carbocycles. The summed E-state index contributed by atoms with van der Waals surface area (Å²) in [6.07, 6.45) is 1.16. The molecule has 0 radical (unpaired) electrons. The number of benzene rings is 1. The fraction of sp³-hybridized carbons (Fsp3) is 0.211. The summed E-state index contributed by atoms with van der Waals surface area (Å²) in [6, 6.07) is 7.72. The Balaban J connectivity index is 1.81. The number of hydrogen-bond acceptors (Lipinski definition) is 7. The van der Waals surface area contributed by atoms with Crippen molar-refractivity contribution in [3.63, 3.8) is 0 Å². The first kappa shape index (κ1) is 21.1. The lowest BCUT2D eigenvalue weighted by atomic mass is 10.1. The van der Waals surface area contributed by atoms with E-state index in [1.54, 1.807) is 31.2 Å². The number of aryl methyl sites for hydroxylation is 1. The quantitative estimate of drug-likeness (QED) is 0.545. The number of carbonyl (C=O) groups is 2. The molecule has 2 heterocycles. The molecule has 10 nitrogen and oxygen atoms in total. The topological polar surface area (TPSA) is 136 Å². The summed E-state index contributed by atoms with van der Waals surface area (Å²) >= 11 is 5.89. The van der Waals surface area contributed by atoms with Crippen molar-refractivity contribution in [3.8, 4) is 11.3 Å². The van der Waals surface area contributed by atoms with Crippen LogP contribution in [0.15, 0.2) is 50.6 Å². The van der Waals surface area contributed by atoms with Crippen molar-refractivity contribution >= 4 is 29.4 Å². The fourth-order valence-corrected chi connectivity index (χ4v) is 2.73. The number of carbonyl (C=O) groups excluding carboxylic acids is 2. The molecule has 2 N–H and O–H groups in total. The van der Waals surface area contributed by atoms with Crippen LogP contribution in [0.5, 0.6) is 0 Å². The van der Waals surface area contributed by atoms with Crippen molar-refractivity contribution in [1.82, 2.24) is 14.7 Å². The Hall–Kier alpha value is -3.66. The Bertz CT molecular complexity index is 1180. The number of nitrogens with one attached hydrogen (secondary N) is 2. The Morgan fingerprint density at radius 3 is 2.63 bits per heavy atom. The Kier molecular flexibility index (Phi) is 6.48. The highest BCUT2D eigenvalue weighted by Crippen LogP contribution is 2.30. The molecule has 156 valence electrons. The number of anilines is 1. The molecule has 0 spiro atoms. The van der Waals surface area contributed by atoms with Crippen LogP contribution in [0.3, 0.4) is 0 Å². The van der Waals surface area contributed by atoms with Crippen molar-refractivity contribution < 1.29 is 18.8 Å². The van der Waals surface area contributed by atoms with Gasteiger partial charge in [-0.15, -0.1) is 0 Å². The van der Waals surface area contributed by atoms with Gasteiger partial charge in [-0.25, -0.2) is 9.59 Å². The summed E-state index contributed by atoms with van der Waals surface area (Å²) < 4.78 is 11.4. The van der Waals surface area contributed by atoms with Gasteiger partial charge < -0.3 is 13.8 Å². The summed E-state index contributed by atoms with van der Waals surface area (Å²) in [5, 5.41) is 6.86. The molecule has 1 amide bonds. The SMILES string of the molecule is CCOC(=O)c1c(-c2ccc(Cl)cc2)noc1NC(=O)CCn1ccc(=O)[nH]c1=O. The first-order valence-corrected chi connectivity index (χ1v) is 9.29. The van der Waals surface area contributed by atoms with E-state index < -0.39 is 23.1 Å². The molecular weight excluding hydrogens is 416 g/mol. The average Bonchev–Trinajstić information content (AvgIpc) is 3.11. The molecule has 2 aromatic heterocycles. The maximum Gasteiger partial charge on any atom is 0.346 e. The van der Waals surface area contributed by atoms with E-state index in [1.165, 1.54) is 16.8 Å². The highest BCUT2D eigenvalue weighted by Gasteiger charge is 2.26. The van der Waals surface area contributed by atoms with Gasteiger partial charge in [-0.3, -0.25) is 19.9 Å². The highest BCUT2D eigenvalue weighted by atomic mass is 35.5. The summed E-state index contributed by atoms with van der Waals surface area (Å²) in [7, 11) is 0. The molecule has 3 aromatic rings. The van der Waals surface area contributed by atoms with Crippen LogP contribution in [0.2, 0.25) is 5.02 Å². The van der Waals surface area contributed by atoms with Gasteiger partial charge in [-0.2, -0.15) is 0 Å². The molecule has 0 atom stereocenters. The number of ether oxygens (including phenoxy) is 1. The second-order valence-electron chi connectivity index (χ2n) is 6.06. The van der Waals surface area contributed by atoms with Crippen LogP contribution in [-0.2, 0) is 16.1 Å². The summed E-state index contributed by atoms with van der Waals surface area (Å²) in [5.41, 5.74) is -0.458. The summed E-state index contributed by atoms with van der Waals surface area (Å²) in [4.78, 5) is 49.7. The predicted molar refractivity (Wildman–Crippen MR) is 107 cm³/mol. The largest absolute Gasteiger partial charge is 0.462 e. The lowest BCUT2D eigenvalue weighted by Gasteiger charge is -2.07. The number of aromatic nitrogens is 3. The third kappa shape index (κ3) is 4.84. The highest BCUT2D eigenvalue weighted by molar-refractivity contribution is 6.30. The molecule has 0 aliphatic carbocycles. The number of aromatic amines is 1. The Morgan fingerprint density at radius 1 is 1.23 bits per heavy atom. The number of hydrogen-bond donors (Lipinski definition) is 2. The Morgan fingerprint density at radius 2 is 1.97 bits per heavy atom. The smallest absolute Gasteiger partial charge is 0.346 e. The Labute approximate surface area is 174 Å². The molecule has 0 fully saturated rings. The van der Waals surface area contributed by atoms with Crippen molar-refractivity contribution in [3.05, 3.63) is 68.0 Å². The van der Waals surface area contributed by atoms with E-state index in [1.807, 2.05) is 0 Å².